The molecule has 0 aromatic heterocycles. The average Bonchev–Trinajstić information content (AvgIpc) is 2.17. The first-order valence-electron chi connectivity index (χ1n) is 4.09. The van der Waals surface area contributed by atoms with E-state index in [1.807, 2.05) is 0 Å². The predicted molar refractivity (Wildman–Crippen MR) is 45.3 cm³/mol. The molecule has 0 spiro atoms. The molecule has 1 saturated heterocycles. The van der Waals surface area contributed by atoms with E-state index < -0.39 is 0 Å². The Morgan fingerprint density at radius 3 is 3.17 bits per heavy atom. The van der Waals surface area contributed by atoms with Crippen molar-refractivity contribution in [3.8, 4) is 0 Å². The van der Waals surface area contributed by atoms with Crippen LogP contribution in [0.3, 0.4) is 0 Å². The van der Waals surface area contributed by atoms with E-state index in [9.17, 15) is 0 Å². The Hall–Kier alpha value is -0.810. The molecule has 3 N–H and O–H groups in total. The van der Waals surface area contributed by atoms with Gasteiger partial charge in [-0.2, -0.15) is 0 Å². The minimum atomic E-state index is -0.247. The summed E-state index contributed by atoms with van der Waals surface area (Å²) in [5, 5.41) is 11.3. The van der Waals surface area contributed by atoms with Crippen molar-refractivity contribution in [2.24, 2.45) is 10.9 Å². The van der Waals surface area contributed by atoms with Crippen LogP contribution in [-0.4, -0.2) is 48.3 Å². The number of nitrogens with zero attached hydrogens (tertiary/aromatic N) is 2. The van der Waals surface area contributed by atoms with Crippen LogP contribution in [0.2, 0.25) is 0 Å². The summed E-state index contributed by atoms with van der Waals surface area (Å²) in [5.74, 6) is 0.160. The molecule has 1 unspecified atom stereocenters. The number of ether oxygens (including phenoxy) is 1. The van der Waals surface area contributed by atoms with E-state index in [0.29, 0.717) is 13.2 Å². The fourth-order valence-corrected chi connectivity index (χ4v) is 1.23. The third-order valence-corrected chi connectivity index (χ3v) is 2.04. The number of oxime groups is 1. The summed E-state index contributed by atoms with van der Waals surface area (Å²) in [7, 11) is 0. The van der Waals surface area contributed by atoms with E-state index in [0.717, 1.165) is 13.1 Å². The molecule has 0 aliphatic carbocycles. The van der Waals surface area contributed by atoms with Gasteiger partial charge in [-0.15, -0.1) is 0 Å². The molecule has 0 aromatic carbocycles. The molecule has 70 valence electrons. The van der Waals surface area contributed by atoms with Gasteiger partial charge < -0.3 is 15.7 Å². The van der Waals surface area contributed by atoms with Crippen LogP contribution in [0.5, 0.6) is 0 Å². The third-order valence-electron chi connectivity index (χ3n) is 2.04. The lowest BCUT2D eigenvalue weighted by molar-refractivity contribution is 0.00685. The molecule has 0 bridgehead atoms. The number of amidine groups is 1. The summed E-state index contributed by atoms with van der Waals surface area (Å²) in [5.41, 5.74) is 5.41. The first-order valence-corrected chi connectivity index (χ1v) is 4.09. The summed E-state index contributed by atoms with van der Waals surface area (Å²) in [6.07, 6.45) is -0.247. The fourth-order valence-electron chi connectivity index (χ4n) is 1.23. The second-order valence-electron chi connectivity index (χ2n) is 2.78. The second-order valence-corrected chi connectivity index (χ2v) is 2.78. The van der Waals surface area contributed by atoms with Gasteiger partial charge in [0, 0.05) is 13.1 Å². The van der Waals surface area contributed by atoms with Crippen LogP contribution in [-0.2, 0) is 4.74 Å². The molecule has 0 saturated carbocycles. The summed E-state index contributed by atoms with van der Waals surface area (Å²) in [6.45, 7) is 5.33. The van der Waals surface area contributed by atoms with Gasteiger partial charge in [0.1, 0.15) is 6.10 Å². The van der Waals surface area contributed by atoms with Crippen LogP contribution in [0.15, 0.2) is 5.16 Å². The largest absolute Gasteiger partial charge is 0.409 e. The van der Waals surface area contributed by atoms with Crippen molar-refractivity contribution in [3.05, 3.63) is 0 Å². The maximum absolute atomic E-state index is 8.41. The number of likely N-dealkylation sites (N-methyl/N-ethyl adjacent to an activating group) is 1. The topological polar surface area (TPSA) is 71.1 Å². The van der Waals surface area contributed by atoms with E-state index in [4.69, 9.17) is 15.7 Å². The van der Waals surface area contributed by atoms with Crippen LogP contribution in [0.1, 0.15) is 6.92 Å². The summed E-state index contributed by atoms with van der Waals surface area (Å²) in [6, 6.07) is 0. The van der Waals surface area contributed by atoms with E-state index in [2.05, 4.69) is 17.0 Å². The summed E-state index contributed by atoms with van der Waals surface area (Å²) >= 11 is 0. The molecular weight excluding hydrogens is 158 g/mol. The smallest absolute Gasteiger partial charge is 0.169 e. The molecular formula is C7H15N3O2. The number of hydrogen-bond acceptors (Lipinski definition) is 4. The zero-order valence-electron chi connectivity index (χ0n) is 7.23. The molecule has 1 aliphatic rings. The van der Waals surface area contributed by atoms with Crippen LogP contribution < -0.4 is 5.73 Å². The highest BCUT2D eigenvalue weighted by Crippen LogP contribution is 2.04. The summed E-state index contributed by atoms with van der Waals surface area (Å²) < 4.78 is 5.31. The molecule has 1 atom stereocenters. The lowest BCUT2D eigenvalue weighted by atomic mass is 10.2. The zero-order chi connectivity index (χ0) is 8.97. The van der Waals surface area contributed by atoms with E-state index in [-0.39, 0.29) is 11.9 Å². The third kappa shape index (κ3) is 2.09. The Labute approximate surface area is 71.8 Å². The SMILES string of the molecule is CCN1CCOC(/C(N)=N/O)C1. The van der Waals surface area contributed by atoms with Gasteiger partial charge in [0.05, 0.1) is 6.61 Å². The fraction of sp³-hybridized carbons (Fsp3) is 0.857. The highest BCUT2D eigenvalue weighted by atomic mass is 16.5. The Morgan fingerprint density at radius 1 is 1.83 bits per heavy atom. The number of rotatable bonds is 2. The standard InChI is InChI=1S/C7H15N3O2/c1-2-10-3-4-12-6(5-10)7(8)9-11/h6,11H,2-5H2,1H3,(H2,8,9). The van der Waals surface area contributed by atoms with Crippen LogP contribution >= 0.6 is 0 Å². The number of nitrogens with two attached hydrogens (primary N) is 1. The monoisotopic (exact) mass is 173 g/mol. The van der Waals surface area contributed by atoms with Crippen LogP contribution in [0.4, 0.5) is 0 Å². The van der Waals surface area contributed by atoms with Gasteiger partial charge in [-0.3, -0.25) is 4.90 Å². The molecule has 1 heterocycles. The maximum Gasteiger partial charge on any atom is 0.169 e. The minimum absolute atomic E-state index is 0.160. The molecule has 5 nitrogen and oxygen atoms in total. The van der Waals surface area contributed by atoms with Gasteiger partial charge in [-0.1, -0.05) is 12.1 Å². The quantitative estimate of drug-likeness (QED) is 0.254. The van der Waals surface area contributed by atoms with Crippen molar-refractivity contribution in [3.63, 3.8) is 0 Å². The molecule has 0 amide bonds. The molecule has 0 aromatic rings. The van der Waals surface area contributed by atoms with Gasteiger partial charge in [0.25, 0.3) is 0 Å². The Balaban J connectivity index is 2.45. The Morgan fingerprint density at radius 2 is 2.58 bits per heavy atom. The molecule has 1 rings (SSSR count). The lowest BCUT2D eigenvalue weighted by Gasteiger charge is -2.31. The highest BCUT2D eigenvalue weighted by molar-refractivity contribution is 5.84. The van der Waals surface area contributed by atoms with Crippen LogP contribution in [0, 0.1) is 0 Å². The number of morpholine rings is 1. The molecule has 0 radical (unpaired) electrons. The van der Waals surface area contributed by atoms with Crippen molar-refractivity contribution < 1.29 is 9.94 Å². The first kappa shape index (κ1) is 9.28. The van der Waals surface area contributed by atoms with Gasteiger partial charge in [0.15, 0.2) is 5.84 Å². The van der Waals surface area contributed by atoms with Crippen molar-refractivity contribution in [1.82, 2.24) is 4.90 Å². The van der Waals surface area contributed by atoms with Crippen molar-refractivity contribution >= 4 is 5.84 Å². The van der Waals surface area contributed by atoms with Gasteiger partial charge in [0.2, 0.25) is 0 Å². The normalized spacial score (nSPS) is 27.4. The van der Waals surface area contributed by atoms with E-state index >= 15 is 0 Å². The van der Waals surface area contributed by atoms with Crippen molar-refractivity contribution in [2.75, 3.05) is 26.2 Å². The summed E-state index contributed by atoms with van der Waals surface area (Å²) in [4.78, 5) is 2.20. The minimum Gasteiger partial charge on any atom is -0.409 e. The zero-order valence-corrected chi connectivity index (χ0v) is 7.23. The van der Waals surface area contributed by atoms with E-state index in [1.165, 1.54) is 0 Å². The van der Waals surface area contributed by atoms with Crippen molar-refractivity contribution in [2.45, 2.75) is 13.0 Å². The number of hydrogen-bond donors (Lipinski definition) is 2. The molecule has 1 fully saturated rings. The highest BCUT2D eigenvalue weighted by Gasteiger charge is 2.22. The maximum atomic E-state index is 8.41. The lowest BCUT2D eigenvalue weighted by Crippen LogP contribution is -2.48. The molecule has 12 heavy (non-hydrogen) atoms. The molecule has 1 aliphatic heterocycles. The van der Waals surface area contributed by atoms with E-state index in [1.54, 1.807) is 0 Å². The molecule has 5 heteroatoms. The average molecular weight is 173 g/mol. The second kappa shape index (κ2) is 4.27. The van der Waals surface area contributed by atoms with Gasteiger partial charge in [-0.05, 0) is 6.54 Å². The van der Waals surface area contributed by atoms with Crippen LogP contribution in [0.25, 0.3) is 0 Å². The Bertz CT molecular complexity index is 172. The van der Waals surface area contributed by atoms with Gasteiger partial charge >= 0.3 is 0 Å². The predicted octanol–water partition coefficient (Wildman–Crippen LogP) is -0.546. The van der Waals surface area contributed by atoms with Gasteiger partial charge in [-0.25, -0.2) is 0 Å². The van der Waals surface area contributed by atoms with Crippen molar-refractivity contribution in [1.29, 1.82) is 0 Å². The Kier molecular flexibility index (Phi) is 3.31. The first-order chi connectivity index (χ1) is 5.77.